The van der Waals surface area contributed by atoms with Crippen molar-refractivity contribution in [2.45, 2.75) is 98.2 Å². The van der Waals surface area contributed by atoms with E-state index in [0.717, 1.165) is 42.5 Å². The minimum Gasteiger partial charge on any atom is -0.387 e. The van der Waals surface area contributed by atoms with Crippen LogP contribution in [0.1, 0.15) is 24.9 Å². The van der Waals surface area contributed by atoms with Gasteiger partial charge in [0.25, 0.3) is 0 Å². The number of fused-ring (bicyclic) bond motifs is 4. The van der Waals surface area contributed by atoms with Crippen LogP contribution in [0.15, 0.2) is 50.6 Å². The number of ether oxygens (including phenoxy) is 6. The molecule has 4 aliphatic heterocycles. The zero-order valence-electron chi connectivity index (χ0n) is 45.9. The first-order valence-corrected chi connectivity index (χ1v) is 33.0. The topological polar surface area (TPSA) is 651 Å². The number of nitrogen functional groups attached to an aromatic ring is 4. The summed E-state index contributed by atoms with van der Waals surface area (Å²) in [6.07, 6.45) is -20.2. The van der Waals surface area contributed by atoms with Crippen LogP contribution in [-0.2, 0) is 69.3 Å². The molecule has 4 fully saturated rings. The molecule has 0 spiro atoms. The first kappa shape index (κ1) is 64.6. The molecule has 12 heterocycles. The van der Waals surface area contributed by atoms with Crippen molar-refractivity contribution in [3.63, 3.8) is 0 Å². The fraction of sp³-hybridized carbons (Fsp3) is 0.524. The van der Waals surface area contributed by atoms with E-state index >= 15 is 0 Å². The van der Waals surface area contributed by atoms with Gasteiger partial charge in [-0.25, -0.2) is 68.9 Å². The zero-order valence-corrected chi connectivity index (χ0v) is 49.5. The van der Waals surface area contributed by atoms with E-state index in [0.29, 0.717) is 0 Å². The Bertz CT molecular complexity index is 4190. The first-order chi connectivity index (χ1) is 43.2. The number of hydrogen-bond donors (Lipinski definition) is 14. The highest BCUT2D eigenvalue weighted by Crippen LogP contribution is 2.52. The van der Waals surface area contributed by atoms with Gasteiger partial charge in [0.1, 0.15) is 133 Å². The summed E-state index contributed by atoms with van der Waals surface area (Å²) in [6, 6.07) is 0. The van der Waals surface area contributed by atoms with Gasteiger partial charge in [-0.3, -0.25) is 41.0 Å². The van der Waals surface area contributed by atoms with Crippen LogP contribution in [0.5, 0.6) is 0 Å². The molecule has 0 saturated carbocycles. The second-order valence-electron chi connectivity index (χ2n) is 20.6. The van der Waals surface area contributed by atoms with Crippen LogP contribution in [-0.4, -0.2) is 240 Å². The van der Waals surface area contributed by atoms with Crippen LogP contribution in [0.25, 0.3) is 44.7 Å². The Labute approximate surface area is 505 Å². The minimum absolute atomic E-state index is 0.0161. The molecule has 4 aliphatic rings. The van der Waals surface area contributed by atoms with Gasteiger partial charge in [0.05, 0.1) is 51.7 Å². The van der Waals surface area contributed by atoms with E-state index in [9.17, 15) is 68.3 Å². The molecule has 0 aromatic carbocycles. The summed E-state index contributed by atoms with van der Waals surface area (Å²) in [5.74, 6) is -0.242. The predicted octanol–water partition coefficient (Wildman–Crippen LogP) is -4.23. The third-order valence-corrected chi connectivity index (χ3v) is 18.3. The molecular formula is C42H54N20O25P4. The molecule has 492 valence electrons. The van der Waals surface area contributed by atoms with E-state index < -0.39 is 168 Å². The Morgan fingerprint density at radius 2 is 0.703 bits per heavy atom. The van der Waals surface area contributed by atoms with Crippen molar-refractivity contribution in [1.82, 2.24) is 78.1 Å². The van der Waals surface area contributed by atoms with Crippen molar-refractivity contribution >= 4 is 98.8 Å². The van der Waals surface area contributed by atoms with Gasteiger partial charge < -0.3 is 110 Å². The second kappa shape index (κ2) is 25.1. The Morgan fingerprint density at radius 1 is 0.396 bits per heavy atom. The second-order valence-corrected chi connectivity index (χ2v) is 26.8. The molecule has 0 radical (unpaired) electrons. The minimum atomic E-state index is -5.47. The summed E-state index contributed by atoms with van der Waals surface area (Å²) in [6.45, 7) is -3.72. The molecule has 91 heavy (non-hydrogen) atoms. The zero-order chi connectivity index (χ0) is 64.6. The molecule has 19 atom stereocenters. The molecule has 45 nitrogen and oxygen atoms in total. The van der Waals surface area contributed by atoms with Gasteiger partial charge in [0.15, 0.2) is 70.8 Å². The maximum absolute atomic E-state index is 13.9. The number of aromatic nitrogens is 16. The number of aliphatic hydroxyl groups excluding tert-OH is 5. The van der Waals surface area contributed by atoms with E-state index in [4.69, 9.17) is 69.5 Å². The number of imidazole rings is 4. The van der Waals surface area contributed by atoms with Crippen molar-refractivity contribution < 1.29 is 119 Å². The summed E-state index contributed by atoms with van der Waals surface area (Å²) in [5.41, 5.74) is 24.3. The lowest BCUT2D eigenvalue weighted by Crippen LogP contribution is -2.37. The third kappa shape index (κ3) is 13.0. The molecule has 8 aromatic heterocycles. The van der Waals surface area contributed by atoms with Crippen molar-refractivity contribution in [1.29, 1.82) is 0 Å². The van der Waals surface area contributed by atoms with Crippen molar-refractivity contribution in [2.24, 2.45) is 0 Å². The van der Waals surface area contributed by atoms with Gasteiger partial charge in [-0.15, -0.1) is 0 Å². The molecule has 18 N–H and O–H groups in total. The summed E-state index contributed by atoms with van der Waals surface area (Å²) >= 11 is 0. The number of hydrogen-bond acceptors (Lipinski definition) is 36. The maximum Gasteiger partial charge on any atom is 0.472 e. The van der Waals surface area contributed by atoms with Crippen molar-refractivity contribution in [3.05, 3.63) is 50.6 Å². The summed E-state index contributed by atoms with van der Waals surface area (Å²) < 4.78 is 119. The quantitative estimate of drug-likeness (QED) is 0.0255. The lowest BCUT2D eigenvalue weighted by Gasteiger charge is -2.25. The Balaban J connectivity index is 0.718. The summed E-state index contributed by atoms with van der Waals surface area (Å²) in [4.78, 5) is 101. The average molecular weight is 1360 g/mol. The predicted molar refractivity (Wildman–Crippen MR) is 294 cm³/mol. The summed E-state index contributed by atoms with van der Waals surface area (Å²) in [7, 11) is -20.6. The monoisotopic (exact) mass is 1360 g/mol. The Hall–Kier alpha value is -6.52. The largest absolute Gasteiger partial charge is 0.472 e. The highest BCUT2D eigenvalue weighted by atomic mass is 31.2. The Morgan fingerprint density at radius 3 is 1.08 bits per heavy atom. The van der Waals surface area contributed by atoms with Crippen LogP contribution >= 0.6 is 30.8 Å². The average Bonchev–Trinajstić information content (AvgIpc) is 1.66. The van der Waals surface area contributed by atoms with E-state index in [2.05, 4.69) is 64.3 Å². The number of phosphoric ester groups is 2. The molecule has 0 aliphatic carbocycles. The fourth-order valence-electron chi connectivity index (χ4n) is 10.4. The highest BCUT2D eigenvalue weighted by molar-refractivity contribution is 7.52. The van der Waals surface area contributed by atoms with Gasteiger partial charge in [-0.1, -0.05) is 0 Å². The number of nitrogens with zero attached hydrogens (tertiary/aromatic N) is 16. The van der Waals surface area contributed by atoms with Gasteiger partial charge in [-0.2, -0.15) is 0 Å². The van der Waals surface area contributed by atoms with Gasteiger partial charge in [-0.05, 0) is 0 Å². The molecule has 49 heteroatoms. The molecule has 12 rings (SSSR count). The number of nitrogens with two attached hydrogens (primary N) is 4. The van der Waals surface area contributed by atoms with E-state index in [-0.39, 0.29) is 67.9 Å². The van der Waals surface area contributed by atoms with Crippen molar-refractivity contribution in [3.8, 4) is 0 Å². The molecular weight excluding hydrogens is 1310 g/mol. The number of phosphoric acid groups is 2. The molecule has 8 aromatic rings. The normalized spacial score (nSPS) is 30.9. The number of aliphatic hydroxyl groups is 5. The molecule has 4 saturated heterocycles. The van der Waals surface area contributed by atoms with E-state index in [1.807, 2.05) is 0 Å². The molecule has 0 bridgehead atoms. The number of rotatable bonds is 24. The Kier molecular flexibility index (Phi) is 17.8. The maximum atomic E-state index is 13.9. The van der Waals surface area contributed by atoms with Gasteiger partial charge in [0.2, 0.25) is 0 Å². The van der Waals surface area contributed by atoms with E-state index in [1.165, 1.54) is 26.4 Å². The van der Waals surface area contributed by atoms with Crippen LogP contribution < -0.4 is 22.9 Å². The summed E-state index contributed by atoms with van der Waals surface area (Å²) in [5, 5.41) is 56.6. The fourth-order valence-corrected chi connectivity index (χ4v) is 13.3. The standard InChI is InChI=1S/C42H54N20O25P4/c43-31-19-35(51-5-47-31)59(9-55-19)39-27(67)23(63)15(83-39)1-79-88(68,69)13-77-28-24(64)16(84-40(28)60-10-56-20-32(44)48-6-52-36(20)60)2-80-89(70,71)14-78-29-25(65)18(85-41(29)61-11-57-21-33(45)49-7-53-37(21)61)4-82-91(75,76)87-30-26(66)17(3-81-90(72,73)74)86-42(30)62-12-58-22-34(46)50-8-54-38(22)62/h5-12,15-18,23-30,39-42,63-67H,1-4,13-14H2,(H,68,69)(H,70,71)(H,75,76)(H2,43,47,51)(H2,44,48,52)(H2,45,49,53)(H2,46,50,54)(H2,72,73,74)/t15-,16-,17-,18-,23-,24+,25+,26-,27-,28-,29-,30-,39-,40-,41-,42-/m1/s1. The number of anilines is 4. The molecule has 3 unspecified atom stereocenters. The highest BCUT2D eigenvalue weighted by Gasteiger charge is 2.54. The SMILES string of the molecule is Nc1ncnc2c1ncn2[C@@H]1O[C@H](COP(=O)(O)CO[C@@H]2[C@@H](O)[C@@H](COP(=O)(O)CO[C@@H]3[C@@H](O)[C@@H](COP(=O)(O)O[C@@H]4[C@H](O)[C@@H](COP(=O)(O)O)O[C@H]4n4cnc5c(N)ncnc54)O[C@H]3n3cnc4c(N)ncnc43)O[C@H]2n2cnc3c(N)ncnc32)[C@@H](O)[C@H]1O. The van der Waals surface area contributed by atoms with Crippen LogP contribution in [0.3, 0.4) is 0 Å². The van der Waals surface area contributed by atoms with Crippen LogP contribution in [0.4, 0.5) is 23.3 Å². The smallest absolute Gasteiger partial charge is 0.387 e. The third-order valence-electron chi connectivity index (χ3n) is 14.7. The van der Waals surface area contributed by atoms with Crippen LogP contribution in [0, 0.1) is 0 Å². The van der Waals surface area contributed by atoms with Crippen molar-refractivity contribution in [2.75, 3.05) is 62.1 Å². The van der Waals surface area contributed by atoms with Gasteiger partial charge in [0, 0.05) is 0 Å². The van der Waals surface area contributed by atoms with Crippen LogP contribution in [0.2, 0.25) is 0 Å². The lowest BCUT2D eigenvalue weighted by atomic mass is 10.1. The first-order valence-electron chi connectivity index (χ1n) is 26.4. The lowest BCUT2D eigenvalue weighted by molar-refractivity contribution is -0.0700. The van der Waals surface area contributed by atoms with Gasteiger partial charge >= 0.3 is 30.8 Å². The van der Waals surface area contributed by atoms with E-state index in [1.54, 1.807) is 0 Å². The molecule has 0 amide bonds.